The number of nitrogens with zero attached hydrogens (tertiary/aromatic N) is 3. The number of cyclic esters (lactones) is 1. The molecule has 4 heterocycles. The number of aromatic nitrogens is 2. The molecular formula is C41H52N6O6. The summed E-state index contributed by atoms with van der Waals surface area (Å²) in [5.41, 5.74) is 16.6. The summed E-state index contributed by atoms with van der Waals surface area (Å²) in [7, 11) is 1.67. The van der Waals surface area contributed by atoms with Gasteiger partial charge in [0.25, 0.3) is 5.91 Å². The summed E-state index contributed by atoms with van der Waals surface area (Å²) >= 11 is 0. The van der Waals surface area contributed by atoms with E-state index in [1.807, 2.05) is 24.3 Å². The third-order valence-electron chi connectivity index (χ3n) is 9.69. The first-order valence-electron chi connectivity index (χ1n) is 18.4. The summed E-state index contributed by atoms with van der Waals surface area (Å²) in [4.78, 5) is 45.5. The zero-order valence-corrected chi connectivity index (χ0v) is 31.9. The maximum absolute atomic E-state index is 14.1. The van der Waals surface area contributed by atoms with Crippen molar-refractivity contribution >= 4 is 34.6 Å². The highest BCUT2D eigenvalue weighted by atomic mass is 16.6. The Morgan fingerprint density at radius 3 is 2.66 bits per heavy atom. The van der Waals surface area contributed by atoms with Crippen molar-refractivity contribution < 1.29 is 28.6 Å². The molecular weight excluding hydrogens is 672 g/mol. The highest BCUT2D eigenvalue weighted by Crippen LogP contribution is 2.41. The number of carbonyl (C=O) groups excluding carboxylic acids is 3. The van der Waals surface area contributed by atoms with Gasteiger partial charge in [0.15, 0.2) is 0 Å². The number of benzene rings is 2. The Balaban J connectivity index is 1.53. The number of anilines is 1. The van der Waals surface area contributed by atoms with Crippen molar-refractivity contribution in [1.29, 1.82) is 0 Å². The molecule has 0 radical (unpaired) electrons. The van der Waals surface area contributed by atoms with E-state index in [0.29, 0.717) is 44.6 Å². The van der Waals surface area contributed by atoms with Crippen LogP contribution in [0.3, 0.4) is 0 Å². The second-order valence-electron chi connectivity index (χ2n) is 15.9. The summed E-state index contributed by atoms with van der Waals surface area (Å²) in [6.07, 6.45) is 2.91. The van der Waals surface area contributed by atoms with Crippen LogP contribution in [0.5, 0.6) is 0 Å². The predicted molar refractivity (Wildman–Crippen MR) is 205 cm³/mol. The number of esters is 1. The van der Waals surface area contributed by atoms with Gasteiger partial charge in [-0.25, -0.2) is 10.2 Å². The van der Waals surface area contributed by atoms with Crippen LogP contribution in [-0.2, 0) is 49.8 Å². The molecule has 6 bridgehead atoms. The normalized spacial score (nSPS) is 19.4. The topological polar surface area (TPSA) is 150 Å². The van der Waals surface area contributed by atoms with Gasteiger partial charge in [-0.15, -0.1) is 0 Å². The molecule has 53 heavy (non-hydrogen) atoms. The second-order valence-corrected chi connectivity index (χ2v) is 15.9. The summed E-state index contributed by atoms with van der Waals surface area (Å²) in [6, 6.07) is 14.5. The maximum Gasteiger partial charge on any atom is 0.408 e. The smallest absolute Gasteiger partial charge is 0.408 e. The van der Waals surface area contributed by atoms with E-state index in [4.69, 9.17) is 24.9 Å². The van der Waals surface area contributed by atoms with E-state index < -0.39 is 35.2 Å². The molecule has 0 aliphatic carbocycles. The number of nitrogen functional groups attached to an aromatic ring is 1. The molecule has 2 aliphatic rings. The maximum atomic E-state index is 14.1. The third kappa shape index (κ3) is 8.49. The highest BCUT2D eigenvalue weighted by Gasteiger charge is 2.36. The molecule has 282 valence electrons. The molecule has 0 unspecified atom stereocenters. The number of methoxy groups -OCH3 is 1. The Morgan fingerprint density at radius 2 is 1.92 bits per heavy atom. The Bertz CT molecular complexity index is 2010. The van der Waals surface area contributed by atoms with E-state index in [1.165, 1.54) is 5.01 Å². The number of hydrogen-bond acceptors (Lipinski definition) is 9. The van der Waals surface area contributed by atoms with Crippen LogP contribution >= 0.6 is 0 Å². The molecule has 4 N–H and O–H groups in total. The molecule has 1 saturated heterocycles. The zero-order valence-electron chi connectivity index (χ0n) is 31.9. The Hall–Kier alpha value is -4.94. The van der Waals surface area contributed by atoms with Crippen LogP contribution in [0.25, 0.3) is 33.3 Å². The largest absolute Gasteiger partial charge is 0.464 e. The molecule has 2 aromatic heterocycles. The molecule has 4 aromatic rings. The van der Waals surface area contributed by atoms with Gasteiger partial charge in [-0.1, -0.05) is 26.0 Å². The number of hydrogen-bond donors (Lipinski definition) is 3. The first kappa shape index (κ1) is 37.8. The average Bonchev–Trinajstić information content (AvgIpc) is 3.40. The second kappa shape index (κ2) is 15.2. The van der Waals surface area contributed by atoms with Crippen molar-refractivity contribution in [3.05, 3.63) is 71.5 Å². The molecule has 6 rings (SSSR count). The molecule has 2 atom stereocenters. The molecule has 0 saturated carbocycles. The van der Waals surface area contributed by atoms with E-state index in [0.717, 1.165) is 50.1 Å². The lowest BCUT2D eigenvalue weighted by Crippen LogP contribution is -2.60. The van der Waals surface area contributed by atoms with Gasteiger partial charge in [-0.3, -0.25) is 19.6 Å². The molecule has 12 heteroatoms. The third-order valence-corrected chi connectivity index (χ3v) is 9.69. The van der Waals surface area contributed by atoms with E-state index in [2.05, 4.69) is 60.3 Å². The number of hydrazine groups is 1. The van der Waals surface area contributed by atoms with Crippen molar-refractivity contribution in [2.24, 2.45) is 5.41 Å². The van der Waals surface area contributed by atoms with Crippen LogP contribution in [-0.4, -0.2) is 70.5 Å². The lowest BCUT2D eigenvalue weighted by molar-refractivity contribution is -0.155. The molecule has 1 fully saturated rings. The van der Waals surface area contributed by atoms with Gasteiger partial charge in [0.1, 0.15) is 17.7 Å². The number of rotatable bonds is 5. The average molecular weight is 725 g/mol. The minimum absolute atomic E-state index is 0.144. The fraction of sp³-hybridized carbons (Fsp3) is 0.463. The molecule has 2 amide bonds. The number of nitrogens with one attached hydrogen (secondary N) is 2. The van der Waals surface area contributed by atoms with Crippen LogP contribution < -0.4 is 16.5 Å². The van der Waals surface area contributed by atoms with Crippen LogP contribution in [0.2, 0.25) is 0 Å². The van der Waals surface area contributed by atoms with Gasteiger partial charge in [0, 0.05) is 60.4 Å². The van der Waals surface area contributed by atoms with Crippen LogP contribution in [0.1, 0.15) is 71.2 Å². The summed E-state index contributed by atoms with van der Waals surface area (Å²) in [6.45, 7) is 13.2. The SMILES string of the molecule is CCn1c(-c2cccnc2COC)c2c3cc(ccc31)-c1cc(N)cc(c1)C[C@H](NC(=O)OC(C)(C)C)C(=O)N1CCC[C@H](N1)C(=O)OCC(C)(C)C2. The lowest BCUT2D eigenvalue weighted by Gasteiger charge is -2.35. The van der Waals surface area contributed by atoms with Gasteiger partial charge in [0.05, 0.1) is 24.6 Å². The van der Waals surface area contributed by atoms with Crippen molar-refractivity contribution in [2.45, 2.75) is 98.1 Å². The van der Waals surface area contributed by atoms with Crippen molar-refractivity contribution in [2.75, 3.05) is 26.0 Å². The number of amides is 2. The number of pyridine rings is 1. The number of aryl methyl sites for hydroxylation is 1. The summed E-state index contributed by atoms with van der Waals surface area (Å²) in [5.74, 6) is -0.816. The Kier molecular flexibility index (Phi) is 10.8. The van der Waals surface area contributed by atoms with Crippen LogP contribution in [0, 0.1) is 5.41 Å². The molecule has 12 nitrogen and oxygen atoms in total. The lowest BCUT2D eigenvalue weighted by atomic mass is 9.84. The number of ether oxygens (including phenoxy) is 3. The minimum atomic E-state index is -1.00. The van der Waals surface area contributed by atoms with Crippen LogP contribution in [0.15, 0.2) is 54.7 Å². The molecule has 0 spiro atoms. The van der Waals surface area contributed by atoms with Crippen molar-refractivity contribution in [1.82, 2.24) is 25.3 Å². The number of carbonyl (C=O) groups is 3. The van der Waals surface area contributed by atoms with Crippen molar-refractivity contribution in [3.63, 3.8) is 0 Å². The van der Waals surface area contributed by atoms with Gasteiger partial charge >= 0.3 is 12.1 Å². The van der Waals surface area contributed by atoms with Crippen molar-refractivity contribution in [3.8, 4) is 22.4 Å². The number of nitrogens with two attached hydrogens (primary N) is 1. The van der Waals surface area contributed by atoms with Gasteiger partial charge in [-0.05, 0) is 106 Å². The Labute approximate surface area is 311 Å². The molecule has 2 aliphatic heterocycles. The van der Waals surface area contributed by atoms with E-state index in [9.17, 15) is 14.4 Å². The minimum Gasteiger partial charge on any atom is -0.464 e. The predicted octanol–water partition coefficient (Wildman–Crippen LogP) is 6.18. The number of alkyl carbamates (subject to hydrolysis) is 1. The van der Waals surface area contributed by atoms with Crippen LogP contribution in [0.4, 0.5) is 10.5 Å². The summed E-state index contributed by atoms with van der Waals surface area (Å²) < 4.78 is 19.5. The van der Waals surface area contributed by atoms with E-state index >= 15 is 0 Å². The first-order chi connectivity index (χ1) is 25.2. The highest BCUT2D eigenvalue weighted by molar-refractivity contribution is 5.95. The fourth-order valence-electron chi connectivity index (χ4n) is 7.41. The van der Waals surface area contributed by atoms with Gasteiger partial charge in [-0.2, -0.15) is 0 Å². The quantitative estimate of drug-likeness (QED) is 0.162. The van der Waals surface area contributed by atoms with Gasteiger partial charge in [0.2, 0.25) is 0 Å². The van der Waals surface area contributed by atoms with Gasteiger partial charge < -0.3 is 29.8 Å². The van der Waals surface area contributed by atoms with E-state index in [-0.39, 0.29) is 18.9 Å². The monoisotopic (exact) mass is 724 g/mol. The first-order valence-corrected chi connectivity index (χ1v) is 18.4. The Morgan fingerprint density at radius 1 is 1.13 bits per heavy atom. The van der Waals surface area contributed by atoms with E-state index in [1.54, 1.807) is 34.1 Å². The zero-order chi connectivity index (χ0) is 38.1. The number of fused-ring (bicyclic) bond motifs is 6. The fourth-order valence-corrected chi connectivity index (χ4v) is 7.41. The standard InChI is InChI=1S/C41H52N6O6/c1-8-46-35-14-13-26-21-30(35)31(36(46)29-11-9-15-43-34(29)23-51-7)22-41(5,6)24-52-38(49)32-12-10-16-47(45-32)37(48)33(44-39(50)53-40(2,3)4)19-25-17-27(26)20-28(42)18-25/h9,11,13-15,17-18,20-21,32-33,45H,8,10,12,16,19,22-24,42H2,1-7H3,(H,44,50)/t32-,33-/m0/s1. The summed E-state index contributed by atoms with van der Waals surface area (Å²) in [5, 5.41) is 5.29. The molecule has 2 aromatic carbocycles.